The predicted molar refractivity (Wildman–Crippen MR) is 197 cm³/mol. The standard InChI is InChI=1S/C38H49ClF2N4O8/c1-37(2,3)52-23-30(43-36(49)53-38(4,5)6)34(47)50-18-9-8-12-28(45(7)32(46)17-15-24-11-10-13-29(41)33(24)39)22-51-35(48)44-31-20-26-19-27(40)16-14-25(26)21-42-31/h10-11,13-14,16,19-21,28,30H,8-9,12,15,17-18,22-23H2,1-7H3,(H,43,49)(H,42,44,48)/t28-,30+/m0/s1. The number of amides is 3. The van der Waals surface area contributed by atoms with Gasteiger partial charge >= 0.3 is 18.2 Å². The summed E-state index contributed by atoms with van der Waals surface area (Å²) in [6.45, 7) is 10.2. The molecule has 3 amide bonds. The number of esters is 1. The molecule has 1 heterocycles. The Morgan fingerprint density at radius 3 is 2.34 bits per heavy atom. The first-order valence-corrected chi connectivity index (χ1v) is 17.7. The molecule has 0 fully saturated rings. The van der Waals surface area contributed by atoms with E-state index in [1.54, 1.807) is 40.0 Å². The number of hydrogen-bond acceptors (Lipinski definition) is 9. The Balaban J connectivity index is 1.61. The van der Waals surface area contributed by atoms with Crippen molar-refractivity contribution in [2.24, 2.45) is 0 Å². The molecule has 53 heavy (non-hydrogen) atoms. The van der Waals surface area contributed by atoms with E-state index in [1.807, 2.05) is 20.8 Å². The van der Waals surface area contributed by atoms with Gasteiger partial charge in [-0.15, -0.1) is 0 Å². The van der Waals surface area contributed by atoms with E-state index >= 15 is 0 Å². The number of nitrogens with zero attached hydrogens (tertiary/aromatic N) is 2. The van der Waals surface area contributed by atoms with Gasteiger partial charge in [-0.25, -0.2) is 28.1 Å². The Hall–Kier alpha value is -4.56. The fourth-order valence-corrected chi connectivity index (χ4v) is 5.17. The lowest BCUT2D eigenvalue weighted by atomic mass is 10.1. The molecule has 0 bridgehead atoms. The Morgan fingerprint density at radius 1 is 0.906 bits per heavy atom. The number of nitrogens with one attached hydrogen (secondary N) is 2. The van der Waals surface area contributed by atoms with Gasteiger partial charge in [-0.2, -0.15) is 0 Å². The molecule has 2 N–H and O–H groups in total. The van der Waals surface area contributed by atoms with Crippen molar-refractivity contribution in [1.82, 2.24) is 15.2 Å². The van der Waals surface area contributed by atoms with Crippen LogP contribution in [0.25, 0.3) is 10.8 Å². The quantitative estimate of drug-likeness (QED) is 0.0856. The number of pyridine rings is 1. The molecule has 290 valence electrons. The molecule has 0 aliphatic carbocycles. The first-order valence-electron chi connectivity index (χ1n) is 17.3. The number of fused-ring (bicyclic) bond motifs is 1. The number of unbranched alkanes of at least 4 members (excludes halogenated alkanes) is 1. The van der Waals surface area contributed by atoms with Gasteiger partial charge in [-0.05, 0) is 109 Å². The number of carbonyl (C=O) groups is 4. The molecule has 0 unspecified atom stereocenters. The molecular formula is C38H49ClF2N4O8. The minimum atomic E-state index is -1.12. The van der Waals surface area contributed by atoms with E-state index in [0.717, 1.165) is 0 Å². The number of anilines is 1. The fraction of sp³-hybridized carbons (Fsp3) is 0.500. The van der Waals surface area contributed by atoms with Gasteiger partial charge in [0, 0.05) is 25.1 Å². The minimum absolute atomic E-state index is 0.00112. The monoisotopic (exact) mass is 762 g/mol. The number of ether oxygens (including phenoxy) is 4. The molecule has 2 atom stereocenters. The highest BCUT2D eigenvalue weighted by Crippen LogP contribution is 2.22. The lowest BCUT2D eigenvalue weighted by molar-refractivity contribution is -0.149. The number of aromatic nitrogens is 1. The van der Waals surface area contributed by atoms with E-state index in [-0.39, 0.29) is 49.4 Å². The summed E-state index contributed by atoms with van der Waals surface area (Å²) < 4.78 is 49.6. The Labute approximate surface area is 313 Å². The SMILES string of the molecule is CN(C(=O)CCc1cccc(F)c1Cl)[C@@H](CCCCOC(=O)[C@@H](COC(C)(C)C)NC(=O)OC(C)(C)C)COC(=O)Nc1cc2cc(F)ccc2cn1. The van der Waals surface area contributed by atoms with E-state index in [1.165, 1.54) is 41.4 Å². The van der Waals surface area contributed by atoms with E-state index in [4.69, 9.17) is 30.5 Å². The molecule has 0 aliphatic heterocycles. The highest BCUT2D eigenvalue weighted by atomic mass is 35.5. The van der Waals surface area contributed by atoms with Crippen molar-refractivity contribution < 1.29 is 46.9 Å². The second kappa shape index (κ2) is 19.5. The summed E-state index contributed by atoms with van der Waals surface area (Å²) in [4.78, 5) is 57.0. The van der Waals surface area contributed by atoms with Gasteiger partial charge in [0.25, 0.3) is 0 Å². The van der Waals surface area contributed by atoms with Crippen molar-refractivity contribution in [1.29, 1.82) is 0 Å². The molecule has 3 aromatic rings. The van der Waals surface area contributed by atoms with Crippen LogP contribution in [0.4, 0.5) is 24.2 Å². The topological polar surface area (TPSA) is 145 Å². The Kier molecular flexibility index (Phi) is 15.8. The molecule has 1 aromatic heterocycles. The average Bonchev–Trinajstić information content (AvgIpc) is 3.06. The second-order valence-electron chi connectivity index (χ2n) is 14.4. The highest BCUT2D eigenvalue weighted by molar-refractivity contribution is 6.31. The van der Waals surface area contributed by atoms with E-state index in [9.17, 15) is 28.0 Å². The highest BCUT2D eigenvalue weighted by Gasteiger charge is 2.28. The van der Waals surface area contributed by atoms with Gasteiger partial charge in [0.15, 0.2) is 6.04 Å². The van der Waals surface area contributed by atoms with Crippen LogP contribution in [0.5, 0.6) is 0 Å². The van der Waals surface area contributed by atoms with Crippen LogP contribution in [0.1, 0.15) is 72.8 Å². The predicted octanol–water partition coefficient (Wildman–Crippen LogP) is 7.60. The summed E-state index contributed by atoms with van der Waals surface area (Å²) in [6, 6.07) is 8.39. The third kappa shape index (κ3) is 15.1. The van der Waals surface area contributed by atoms with Crippen LogP contribution in [0, 0.1) is 11.6 Å². The fourth-order valence-electron chi connectivity index (χ4n) is 4.95. The molecule has 0 radical (unpaired) electrons. The summed E-state index contributed by atoms with van der Waals surface area (Å²) in [6.07, 6.45) is 1.26. The van der Waals surface area contributed by atoms with Crippen molar-refractivity contribution in [3.05, 3.63) is 70.9 Å². The molecule has 15 heteroatoms. The molecular weight excluding hydrogens is 714 g/mol. The molecule has 3 rings (SSSR count). The molecule has 0 aliphatic rings. The summed E-state index contributed by atoms with van der Waals surface area (Å²) >= 11 is 6.08. The lowest BCUT2D eigenvalue weighted by Crippen LogP contribution is -2.48. The molecule has 0 saturated carbocycles. The van der Waals surface area contributed by atoms with Crippen molar-refractivity contribution in [3.63, 3.8) is 0 Å². The van der Waals surface area contributed by atoms with Crippen LogP contribution in [0.3, 0.4) is 0 Å². The maximum absolute atomic E-state index is 13.9. The van der Waals surface area contributed by atoms with Crippen LogP contribution in [-0.2, 0) is 35.0 Å². The number of rotatable bonds is 16. The van der Waals surface area contributed by atoms with Crippen molar-refractivity contribution >= 4 is 52.3 Å². The largest absolute Gasteiger partial charge is 0.464 e. The van der Waals surface area contributed by atoms with E-state index in [2.05, 4.69) is 15.6 Å². The van der Waals surface area contributed by atoms with Gasteiger partial charge in [0.1, 0.15) is 29.7 Å². The van der Waals surface area contributed by atoms with Gasteiger partial charge < -0.3 is 29.2 Å². The molecule has 0 spiro atoms. The van der Waals surface area contributed by atoms with Crippen molar-refractivity contribution in [2.45, 2.75) is 96.9 Å². The van der Waals surface area contributed by atoms with Gasteiger partial charge in [-0.1, -0.05) is 23.7 Å². The number of carbonyl (C=O) groups excluding carboxylic acids is 4. The zero-order valence-corrected chi connectivity index (χ0v) is 32.0. The van der Waals surface area contributed by atoms with Gasteiger partial charge in [-0.3, -0.25) is 10.1 Å². The smallest absolute Gasteiger partial charge is 0.412 e. The van der Waals surface area contributed by atoms with Crippen LogP contribution >= 0.6 is 11.6 Å². The summed E-state index contributed by atoms with van der Waals surface area (Å²) in [5, 5.41) is 6.20. The molecule has 0 saturated heterocycles. The van der Waals surface area contributed by atoms with Crippen LogP contribution in [0.15, 0.2) is 48.7 Å². The summed E-state index contributed by atoms with van der Waals surface area (Å²) in [5.74, 6) is -1.86. The minimum Gasteiger partial charge on any atom is -0.464 e. The Morgan fingerprint density at radius 2 is 1.64 bits per heavy atom. The number of halogens is 3. The van der Waals surface area contributed by atoms with E-state index < -0.39 is 53.1 Å². The summed E-state index contributed by atoms with van der Waals surface area (Å²) in [7, 11) is 1.57. The number of benzene rings is 2. The molecule has 12 nitrogen and oxygen atoms in total. The van der Waals surface area contributed by atoms with Crippen LogP contribution in [-0.4, -0.2) is 84.1 Å². The van der Waals surface area contributed by atoms with Crippen LogP contribution in [0.2, 0.25) is 5.02 Å². The third-order valence-electron chi connectivity index (χ3n) is 7.74. The van der Waals surface area contributed by atoms with Crippen molar-refractivity contribution in [2.75, 3.05) is 32.2 Å². The van der Waals surface area contributed by atoms with Gasteiger partial charge in [0.05, 0.1) is 29.9 Å². The zero-order chi connectivity index (χ0) is 39.3. The molecule has 2 aromatic carbocycles. The lowest BCUT2D eigenvalue weighted by Gasteiger charge is -2.28. The normalized spacial score (nSPS) is 12.8. The first kappa shape index (κ1) is 42.8. The maximum Gasteiger partial charge on any atom is 0.412 e. The zero-order valence-electron chi connectivity index (χ0n) is 31.2. The second-order valence-corrected chi connectivity index (χ2v) is 14.8. The van der Waals surface area contributed by atoms with Crippen LogP contribution < -0.4 is 10.6 Å². The third-order valence-corrected chi connectivity index (χ3v) is 8.16. The Bertz CT molecular complexity index is 1730. The summed E-state index contributed by atoms with van der Waals surface area (Å²) in [5.41, 5.74) is -0.877. The first-order chi connectivity index (χ1) is 24.8. The van der Waals surface area contributed by atoms with Gasteiger partial charge in [0.2, 0.25) is 5.91 Å². The van der Waals surface area contributed by atoms with Crippen molar-refractivity contribution in [3.8, 4) is 0 Å². The van der Waals surface area contributed by atoms with E-state index in [0.29, 0.717) is 35.6 Å². The average molecular weight is 763 g/mol. The number of hydrogen-bond donors (Lipinski definition) is 2. The number of alkyl carbamates (subject to hydrolysis) is 1. The number of aryl methyl sites for hydroxylation is 1. The maximum atomic E-state index is 13.9. The number of likely N-dealkylation sites (N-methyl/N-ethyl adjacent to an activating group) is 1.